The summed E-state index contributed by atoms with van der Waals surface area (Å²) in [6.07, 6.45) is 0. The Morgan fingerprint density at radius 2 is 0.550 bits per heavy atom. The molecule has 0 amide bonds. The van der Waals surface area contributed by atoms with Crippen molar-refractivity contribution < 1.29 is 0 Å². The Morgan fingerprint density at radius 1 is 0.300 bits per heavy atom. The van der Waals surface area contributed by atoms with E-state index >= 15 is 0 Å². The number of benzene rings is 7. The van der Waals surface area contributed by atoms with Crippen LogP contribution in [0.4, 0.5) is 0 Å². The van der Waals surface area contributed by atoms with Gasteiger partial charge in [0, 0.05) is 22.3 Å². The second kappa shape index (κ2) is 9.78. The van der Waals surface area contributed by atoms with Crippen LogP contribution in [0.1, 0.15) is 33.4 Å². The molecule has 186 valence electrons. The van der Waals surface area contributed by atoms with Crippen LogP contribution in [-0.2, 0) is 0 Å². The molecule has 0 aliphatic heterocycles. The van der Waals surface area contributed by atoms with Gasteiger partial charge in [-0.25, -0.2) is 0 Å². The smallest absolute Gasteiger partial charge is 0.0406 e. The molecule has 0 aromatic heterocycles. The Hall–Kier alpha value is -5.30. The second-order valence-electron chi connectivity index (χ2n) is 10.3. The molecule has 0 aliphatic carbocycles. The van der Waals surface area contributed by atoms with Crippen molar-refractivity contribution in [2.75, 3.05) is 0 Å². The first kappa shape index (κ1) is 23.8. The zero-order valence-corrected chi connectivity index (χ0v) is 22.5. The van der Waals surface area contributed by atoms with Gasteiger partial charge in [0.2, 0.25) is 0 Å². The van der Waals surface area contributed by atoms with Gasteiger partial charge in [0.05, 0.1) is 0 Å². The third kappa shape index (κ3) is 3.99. The fraction of sp³-hybridized carbons (Fsp3) is 0.0500. The topological polar surface area (TPSA) is 0 Å². The third-order valence-electron chi connectivity index (χ3n) is 7.95. The lowest BCUT2D eigenvalue weighted by molar-refractivity contribution is 1.57. The molecule has 0 fully saturated rings. The highest BCUT2D eigenvalue weighted by Crippen LogP contribution is 2.33. The molecule has 0 saturated carbocycles. The Kier molecular flexibility index (Phi) is 5.82. The lowest BCUT2D eigenvalue weighted by Gasteiger charge is -2.11. The Bertz CT molecular complexity index is 1950. The SMILES string of the molecule is Cc1c2ccccc2c(C#Cc2ccc(C#Cc3c4ccccc4c(C)c4ccccc34)cc2)c2ccccc12. The summed E-state index contributed by atoms with van der Waals surface area (Å²) < 4.78 is 0. The lowest BCUT2D eigenvalue weighted by Crippen LogP contribution is -1.89. The highest BCUT2D eigenvalue weighted by Gasteiger charge is 2.10. The first-order valence-electron chi connectivity index (χ1n) is 13.6. The molecular weight excluding hydrogens is 480 g/mol. The second-order valence-corrected chi connectivity index (χ2v) is 10.3. The van der Waals surface area contributed by atoms with E-state index in [1.165, 1.54) is 54.2 Å². The average molecular weight is 507 g/mol. The van der Waals surface area contributed by atoms with E-state index in [9.17, 15) is 0 Å². The standard InChI is InChI=1S/C40H26/c1-27-31-11-3-7-15-35(31)39(36-16-8-4-12-32(27)36)25-23-29-19-21-30(22-20-29)24-26-40-37-17-9-5-13-33(37)28(2)34-14-6-10-18-38(34)40/h3-22H,1-2H3. The average Bonchev–Trinajstić information content (AvgIpc) is 3.02. The third-order valence-corrected chi connectivity index (χ3v) is 7.95. The van der Waals surface area contributed by atoms with Crippen molar-refractivity contribution in [3.8, 4) is 23.7 Å². The molecule has 7 aromatic rings. The number of fused-ring (bicyclic) bond motifs is 4. The fourth-order valence-corrected chi connectivity index (χ4v) is 5.87. The summed E-state index contributed by atoms with van der Waals surface area (Å²) >= 11 is 0. The number of aryl methyl sites for hydroxylation is 2. The molecule has 0 nitrogen and oxygen atoms in total. The van der Waals surface area contributed by atoms with Crippen LogP contribution >= 0.6 is 0 Å². The molecule has 0 bridgehead atoms. The van der Waals surface area contributed by atoms with Gasteiger partial charge in [0.15, 0.2) is 0 Å². The summed E-state index contributed by atoms with van der Waals surface area (Å²) in [7, 11) is 0. The van der Waals surface area contributed by atoms with Gasteiger partial charge in [-0.1, -0.05) is 121 Å². The zero-order chi connectivity index (χ0) is 27.1. The molecule has 0 saturated heterocycles. The minimum Gasteiger partial charge on any atom is -0.0616 e. The highest BCUT2D eigenvalue weighted by molar-refractivity contribution is 6.08. The molecule has 0 heterocycles. The van der Waals surface area contributed by atoms with Gasteiger partial charge >= 0.3 is 0 Å². The first-order chi connectivity index (χ1) is 19.7. The van der Waals surface area contributed by atoms with Gasteiger partial charge in [0.1, 0.15) is 0 Å². The van der Waals surface area contributed by atoms with E-state index in [1.54, 1.807) is 0 Å². The van der Waals surface area contributed by atoms with Crippen LogP contribution in [0.2, 0.25) is 0 Å². The molecule has 0 radical (unpaired) electrons. The molecule has 7 rings (SSSR count). The number of hydrogen-bond acceptors (Lipinski definition) is 0. The van der Waals surface area contributed by atoms with Crippen LogP contribution in [0.15, 0.2) is 121 Å². The Balaban J connectivity index is 1.28. The highest BCUT2D eigenvalue weighted by atomic mass is 14.1. The molecule has 0 aliphatic rings. The van der Waals surface area contributed by atoms with Crippen molar-refractivity contribution in [1.82, 2.24) is 0 Å². The van der Waals surface area contributed by atoms with E-state index in [0.29, 0.717) is 0 Å². The molecule has 0 atom stereocenters. The maximum Gasteiger partial charge on any atom is 0.0406 e. The maximum atomic E-state index is 3.51. The first-order valence-corrected chi connectivity index (χ1v) is 13.6. The van der Waals surface area contributed by atoms with E-state index in [1.807, 2.05) is 0 Å². The monoisotopic (exact) mass is 506 g/mol. The van der Waals surface area contributed by atoms with Gasteiger partial charge in [-0.05, 0) is 92.3 Å². The van der Waals surface area contributed by atoms with Crippen LogP contribution in [-0.4, -0.2) is 0 Å². The Labute approximate surface area is 234 Å². The summed E-state index contributed by atoms with van der Waals surface area (Å²) in [6.45, 7) is 4.40. The lowest BCUT2D eigenvalue weighted by atomic mass is 9.92. The molecule has 0 N–H and O–H groups in total. The van der Waals surface area contributed by atoms with E-state index in [0.717, 1.165) is 22.3 Å². The van der Waals surface area contributed by atoms with Crippen LogP contribution in [0.25, 0.3) is 43.1 Å². The van der Waals surface area contributed by atoms with Gasteiger partial charge in [-0.3, -0.25) is 0 Å². The van der Waals surface area contributed by atoms with Crippen LogP contribution < -0.4 is 0 Å². The van der Waals surface area contributed by atoms with E-state index in [4.69, 9.17) is 0 Å². The summed E-state index contributed by atoms with van der Waals surface area (Å²) in [6, 6.07) is 42.5. The van der Waals surface area contributed by atoms with Crippen LogP contribution in [0.5, 0.6) is 0 Å². The summed E-state index contributed by atoms with van der Waals surface area (Å²) in [5, 5.41) is 9.83. The molecule has 0 heteroatoms. The number of rotatable bonds is 0. The molecule has 40 heavy (non-hydrogen) atoms. The minimum atomic E-state index is 0.977. The molecule has 0 spiro atoms. The normalized spacial score (nSPS) is 10.8. The van der Waals surface area contributed by atoms with Crippen molar-refractivity contribution in [2.45, 2.75) is 13.8 Å². The van der Waals surface area contributed by atoms with E-state index in [2.05, 4.69) is 159 Å². The summed E-state index contributed by atoms with van der Waals surface area (Å²) in [5.74, 6) is 13.9. The van der Waals surface area contributed by atoms with Crippen molar-refractivity contribution in [3.05, 3.63) is 155 Å². The van der Waals surface area contributed by atoms with E-state index in [-0.39, 0.29) is 0 Å². The number of hydrogen-bond donors (Lipinski definition) is 0. The van der Waals surface area contributed by atoms with Gasteiger partial charge in [0.25, 0.3) is 0 Å². The zero-order valence-electron chi connectivity index (χ0n) is 22.5. The molecular formula is C40H26. The van der Waals surface area contributed by atoms with Crippen molar-refractivity contribution in [2.24, 2.45) is 0 Å². The quantitative estimate of drug-likeness (QED) is 0.142. The minimum absolute atomic E-state index is 0.977. The van der Waals surface area contributed by atoms with Crippen molar-refractivity contribution in [3.63, 3.8) is 0 Å². The summed E-state index contributed by atoms with van der Waals surface area (Å²) in [4.78, 5) is 0. The Morgan fingerprint density at radius 3 is 0.825 bits per heavy atom. The van der Waals surface area contributed by atoms with Crippen molar-refractivity contribution >= 4 is 43.1 Å². The van der Waals surface area contributed by atoms with Crippen LogP contribution in [0.3, 0.4) is 0 Å². The maximum absolute atomic E-state index is 3.51. The van der Waals surface area contributed by atoms with E-state index < -0.39 is 0 Å². The largest absolute Gasteiger partial charge is 0.0616 e. The fourth-order valence-electron chi connectivity index (χ4n) is 5.87. The van der Waals surface area contributed by atoms with Gasteiger partial charge < -0.3 is 0 Å². The van der Waals surface area contributed by atoms with Gasteiger partial charge in [-0.2, -0.15) is 0 Å². The van der Waals surface area contributed by atoms with Crippen molar-refractivity contribution in [1.29, 1.82) is 0 Å². The predicted octanol–water partition coefficient (Wildman–Crippen LogP) is 9.72. The summed E-state index contributed by atoms with van der Waals surface area (Å²) in [5.41, 5.74) is 6.72. The van der Waals surface area contributed by atoms with Crippen LogP contribution in [0, 0.1) is 37.5 Å². The van der Waals surface area contributed by atoms with Gasteiger partial charge in [-0.15, -0.1) is 0 Å². The molecule has 7 aromatic carbocycles. The molecule has 0 unspecified atom stereocenters. The predicted molar refractivity (Wildman–Crippen MR) is 171 cm³/mol.